The molecule has 0 aromatic carbocycles. The number of rotatable bonds is 2. The topological polar surface area (TPSA) is 23.5 Å². The SMILES string of the molecule is CC(C)N1CCC(CO)C1.[Y]. The number of hydrogen-bond acceptors (Lipinski definition) is 2. The molecule has 0 aromatic heterocycles. The molecule has 1 heterocycles. The van der Waals surface area contributed by atoms with Crippen LogP contribution in [0.1, 0.15) is 20.3 Å². The Kier molecular flexibility index (Phi) is 6.16. The standard InChI is InChI=1S/C8H17NO.Y/c1-7(2)9-4-3-8(5-9)6-10;/h7-8,10H,3-6H2,1-2H3;. The molecule has 63 valence electrons. The summed E-state index contributed by atoms with van der Waals surface area (Å²) >= 11 is 0. The number of aliphatic hydroxyl groups excluding tert-OH is 1. The third kappa shape index (κ3) is 3.50. The van der Waals surface area contributed by atoms with Crippen LogP contribution in [0, 0.1) is 5.92 Å². The molecule has 0 saturated carbocycles. The van der Waals surface area contributed by atoms with Gasteiger partial charge in [0.05, 0.1) is 0 Å². The summed E-state index contributed by atoms with van der Waals surface area (Å²) in [6.45, 7) is 7.04. The van der Waals surface area contributed by atoms with Gasteiger partial charge in [0.15, 0.2) is 0 Å². The zero-order valence-corrected chi connectivity index (χ0v) is 10.3. The maximum atomic E-state index is 8.84. The van der Waals surface area contributed by atoms with Crippen LogP contribution in [0.2, 0.25) is 0 Å². The van der Waals surface area contributed by atoms with Crippen LogP contribution >= 0.6 is 0 Å². The van der Waals surface area contributed by atoms with Gasteiger partial charge >= 0.3 is 0 Å². The molecule has 0 spiro atoms. The Morgan fingerprint density at radius 3 is 2.45 bits per heavy atom. The summed E-state index contributed by atoms with van der Waals surface area (Å²) in [7, 11) is 0. The number of hydrogen-bond donors (Lipinski definition) is 1. The number of likely N-dealkylation sites (tertiary alicyclic amines) is 1. The number of nitrogens with zero attached hydrogens (tertiary/aromatic N) is 1. The first-order valence-corrected chi connectivity index (χ1v) is 4.09. The fourth-order valence-corrected chi connectivity index (χ4v) is 1.48. The zero-order chi connectivity index (χ0) is 7.56. The van der Waals surface area contributed by atoms with Crippen LogP contribution in [-0.4, -0.2) is 35.7 Å². The van der Waals surface area contributed by atoms with Gasteiger partial charge in [0.25, 0.3) is 0 Å². The monoisotopic (exact) mass is 232 g/mol. The normalized spacial score (nSPS) is 25.6. The van der Waals surface area contributed by atoms with Crippen molar-refractivity contribution in [2.75, 3.05) is 19.7 Å². The molecule has 1 fully saturated rings. The van der Waals surface area contributed by atoms with Gasteiger partial charge < -0.3 is 10.0 Å². The van der Waals surface area contributed by atoms with Crippen molar-refractivity contribution in [3.63, 3.8) is 0 Å². The first-order chi connectivity index (χ1) is 4.74. The van der Waals surface area contributed by atoms with Gasteiger partial charge in [-0.05, 0) is 32.7 Å². The van der Waals surface area contributed by atoms with Gasteiger partial charge in [0, 0.05) is 51.9 Å². The van der Waals surface area contributed by atoms with Crippen molar-refractivity contribution in [2.45, 2.75) is 26.3 Å². The van der Waals surface area contributed by atoms with Gasteiger partial charge in [-0.15, -0.1) is 0 Å². The summed E-state index contributed by atoms with van der Waals surface area (Å²) < 4.78 is 0. The Hall–Kier alpha value is 1.02. The molecule has 2 nitrogen and oxygen atoms in total. The van der Waals surface area contributed by atoms with E-state index >= 15 is 0 Å². The fraction of sp³-hybridized carbons (Fsp3) is 1.00. The smallest absolute Gasteiger partial charge is 0.0471 e. The van der Waals surface area contributed by atoms with E-state index in [9.17, 15) is 0 Å². The molecule has 1 rings (SSSR count). The van der Waals surface area contributed by atoms with Crippen molar-refractivity contribution in [3.8, 4) is 0 Å². The minimum atomic E-state index is 0. The maximum Gasteiger partial charge on any atom is 0.0471 e. The van der Waals surface area contributed by atoms with E-state index in [1.807, 2.05) is 0 Å². The average molecular weight is 232 g/mol. The van der Waals surface area contributed by atoms with E-state index in [1.165, 1.54) is 13.0 Å². The van der Waals surface area contributed by atoms with Crippen LogP contribution in [0.3, 0.4) is 0 Å². The van der Waals surface area contributed by atoms with Gasteiger partial charge in [-0.1, -0.05) is 0 Å². The molecule has 11 heavy (non-hydrogen) atoms. The van der Waals surface area contributed by atoms with Gasteiger partial charge in [0.2, 0.25) is 0 Å². The summed E-state index contributed by atoms with van der Waals surface area (Å²) in [6.07, 6.45) is 1.18. The Labute approximate surface area is 94.2 Å². The van der Waals surface area contributed by atoms with Crippen molar-refractivity contribution in [1.29, 1.82) is 0 Å². The van der Waals surface area contributed by atoms with Crippen LogP contribution in [0.5, 0.6) is 0 Å². The van der Waals surface area contributed by atoms with E-state index in [4.69, 9.17) is 5.11 Å². The molecule has 0 aromatic rings. The second-order valence-corrected chi connectivity index (χ2v) is 3.43. The summed E-state index contributed by atoms with van der Waals surface area (Å²) in [5.74, 6) is 0.544. The van der Waals surface area contributed by atoms with Crippen molar-refractivity contribution in [2.24, 2.45) is 5.92 Å². The van der Waals surface area contributed by atoms with Crippen molar-refractivity contribution in [1.82, 2.24) is 4.90 Å². The minimum Gasteiger partial charge on any atom is -0.396 e. The Bertz CT molecular complexity index is 108. The third-order valence-electron chi connectivity index (χ3n) is 2.31. The third-order valence-corrected chi connectivity index (χ3v) is 2.31. The van der Waals surface area contributed by atoms with E-state index in [1.54, 1.807) is 0 Å². The van der Waals surface area contributed by atoms with Crippen LogP contribution in [0.4, 0.5) is 0 Å². The molecule has 1 saturated heterocycles. The van der Waals surface area contributed by atoms with Gasteiger partial charge in [0.1, 0.15) is 0 Å². The fourth-order valence-electron chi connectivity index (χ4n) is 1.48. The average Bonchev–Trinajstić information content (AvgIpc) is 2.34. The Morgan fingerprint density at radius 1 is 1.55 bits per heavy atom. The van der Waals surface area contributed by atoms with E-state index in [2.05, 4.69) is 18.7 Å². The molecule has 1 aliphatic rings. The maximum absolute atomic E-state index is 8.84. The van der Waals surface area contributed by atoms with E-state index < -0.39 is 0 Å². The van der Waals surface area contributed by atoms with Gasteiger partial charge in [-0.2, -0.15) is 0 Å². The molecular weight excluding hydrogens is 215 g/mol. The quantitative estimate of drug-likeness (QED) is 0.757. The van der Waals surface area contributed by atoms with E-state index in [0.29, 0.717) is 18.6 Å². The summed E-state index contributed by atoms with van der Waals surface area (Å²) in [5.41, 5.74) is 0. The first kappa shape index (κ1) is 12.0. The molecule has 1 radical (unpaired) electrons. The summed E-state index contributed by atoms with van der Waals surface area (Å²) in [6, 6.07) is 0.650. The molecule has 1 atom stereocenters. The minimum absolute atomic E-state index is 0. The van der Waals surface area contributed by atoms with Crippen LogP contribution in [-0.2, 0) is 32.7 Å². The van der Waals surface area contributed by atoms with Crippen LogP contribution in [0.25, 0.3) is 0 Å². The largest absolute Gasteiger partial charge is 0.396 e. The van der Waals surface area contributed by atoms with Crippen LogP contribution in [0.15, 0.2) is 0 Å². The van der Waals surface area contributed by atoms with Crippen LogP contribution < -0.4 is 0 Å². The molecule has 3 heteroatoms. The van der Waals surface area contributed by atoms with Crippen molar-refractivity contribution >= 4 is 0 Å². The number of aliphatic hydroxyl groups is 1. The Balaban J connectivity index is 0.000001000. The summed E-state index contributed by atoms with van der Waals surface area (Å²) in [4.78, 5) is 2.42. The van der Waals surface area contributed by atoms with Crippen molar-refractivity contribution < 1.29 is 37.8 Å². The molecule has 0 bridgehead atoms. The second kappa shape index (κ2) is 5.63. The van der Waals surface area contributed by atoms with Crippen molar-refractivity contribution in [3.05, 3.63) is 0 Å². The van der Waals surface area contributed by atoms with E-state index in [-0.39, 0.29) is 32.7 Å². The Morgan fingerprint density at radius 2 is 2.18 bits per heavy atom. The van der Waals surface area contributed by atoms with E-state index in [0.717, 1.165) is 6.54 Å². The molecule has 1 unspecified atom stereocenters. The van der Waals surface area contributed by atoms with Gasteiger partial charge in [-0.3, -0.25) is 0 Å². The summed E-state index contributed by atoms with van der Waals surface area (Å²) in [5, 5.41) is 8.84. The predicted octanol–water partition coefficient (Wildman–Crippen LogP) is 0.707. The predicted molar refractivity (Wildman–Crippen MR) is 41.9 cm³/mol. The second-order valence-electron chi connectivity index (χ2n) is 3.43. The molecule has 1 N–H and O–H groups in total. The zero-order valence-electron chi connectivity index (χ0n) is 7.45. The molecular formula is C8H17NOY. The molecule has 1 aliphatic heterocycles. The molecule has 0 amide bonds. The molecule has 0 aliphatic carbocycles. The van der Waals surface area contributed by atoms with Gasteiger partial charge in [-0.25, -0.2) is 0 Å². The first-order valence-electron chi connectivity index (χ1n) is 4.09.